The van der Waals surface area contributed by atoms with Gasteiger partial charge in [-0.25, -0.2) is 4.79 Å². The molecule has 0 aromatic carbocycles. The Kier molecular flexibility index (Phi) is 14.7. The Bertz CT molecular complexity index is 372. The summed E-state index contributed by atoms with van der Waals surface area (Å²) in [4.78, 5) is 11.5. The maximum atomic E-state index is 11.5. The van der Waals surface area contributed by atoms with Gasteiger partial charge in [-0.15, -0.1) is 0 Å². The summed E-state index contributed by atoms with van der Waals surface area (Å²) in [6.07, 6.45) is 10.5. The van der Waals surface area contributed by atoms with E-state index in [1.807, 2.05) is 13.8 Å². The summed E-state index contributed by atoms with van der Waals surface area (Å²) in [7, 11) is 0. The molecule has 0 saturated heterocycles. The Morgan fingerprint density at radius 3 is 2.00 bits per heavy atom. The van der Waals surface area contributed by atoms with Crippen LogP contribution >= 0.6 is 0 Å². The Morgan fingerprint density at radius 2 is 1.46 bits per heavy atom. The van der Waals surface area contributed by atoms with Gasteiger partial charge in [0.05, 0.1) is 6.61 Å². The monoisotopic (exact) mass is 370 g/mol. The first-order valence-electron chi connectivity index (χ1n) is 10.5. The minimum absolute atomic E-state index is 0.303. The molecule has 0 aliphatic carbocycles. The van der Waals surface area contributed by atoms with Gasteiger partial charge < -0.3 is 14.2 Å². The molecule has 1 unspecified atom stereocenters. The van der Waals surface area contributed by atoms with Crippen molar-refractivity contribution in [3.8, 4) is 0 Å². The predicted octanol–water partition coefficient (Wildman–Crippen LogP) is 6.04. The van der Waals surface area contributed by atoms with Gasteiger partial charge in [-0.2, -0.15) is 0 Å². The lowest BCUT2D eigenvalue weighted by atomic mass is 9.88. The molecular weight excluding hydrogens is 328 g/mol. The predicted molar refractivity (Wildman–Crippen MR) is 108 cm³/mol. The first-order valence-corrected chi connectivity index (χ1v) is 10.5. The third-order valence-corrected chi connectivity index (χ3v) is 4.79. The van der Waals surface area contributed by atoms with Gasteiger partial charge in [0.25, 0.3) is 0 Å². The number of hydrogen-bond acceptors (Lipinski definition) is 4. The fourth-order valence-corrected chi connectivity index (χ4v) is 3.31. The molecule has 0 aliphatic heterocycles. The van der Waals surface area contributed by atoms with E-state index in [0.29, 0.717) is 31.3 Å². The molecule has 0 saturated carbocycles. The molecule has 1 atom stereocenters. The second kappa shape index (κ2) is 15.2. The lowest BCUT2D eigenvalue weighted by Crippen LogP contribution is -2.41. The van der Waals surface area contributed by atoms with Gasteiger partial charge in [0.2, 0.25) is 0 Å². The highest BCUT2D eigenvalue weighted by molar-refractivity contribution is 5.86. The zero-order valence-corrected chi connectivity index (χ0v) is 17.9. The maximum Gasteiger partial charge on any atom is 0.333 e. The molecule has 0 aromatic heterocycles. The number of unbranched alkanes of at least 4 members (excludes halogenated alkanes) is 5. The number of carbonyl (C=O) groups excluding carboxylic acids is 1. The van der Waals surface area contributed by atoms with E-state index in [4.69, 9.17) is 14.2 Å². The fourth-order valence-electron chi connectivity index (χ4n) is 3.31. The molecule has 26 heavy (non-hydrogen) atoms. The van der Waals surface area contributed by atoms with Gasteiger partial charge in [0.15, 0.2) is 5.79 Å². The van der Waals surface area contributed by atoms with Crippen LogP contribution in [0.4, 0.5) is 0 Å². The van der Waals surface area contributed by atoms with Crippen LogP contribution in [-0.2, 0) is 19.0 Å². The van der Waals surface area contributed by atoms with E-state index in [9.17, 15) is 4.79 Å². The molecule has 0 radical (unpaired) electrons. The number of ether oxygens (including phenoxy) is 3. The van der Waals surface area contributed by atoms with Crippen molar-refractivity contribution in [1.29, 1.82) is 0 Å². The summed E-state index contributed by atoms with van der Waals surface area (Å²) in [5.41, 5.74) is 0.446. The molecule has 0 aromatic rings. The molecule has 0 aliphatic rings. The average molecular weight is 371 g/mol. The Hall–Kier alpha value is -0.870. The average Bonchev–Trinajstić information content (AvgIpc) is 2.59. The summed E-state index contributed by atoms with van der Waals surface area (Å²) < 4.78 is 17.2. The number of hydrogen-bond donors (Lipinski definition) is 0. The van der Waals surface area contributed by atoms with Crippen molar-refractivity contribution >= 4 is 5.97 Å². The van der Waals surface area contributed by atoms with Crippen molar-refractivity contribution in [3.05, 3.63) is 12.2 Å². The summed E-state index contributed by atoms with van der Waals surface area (Å²) >= 11 is 0. The molecule has 0 bridgehead atoms. The first kappa shape index (κ1) is 25.1. The van der Waals surface area contributed by atoms with Crippen LogP contribution in [0.15, 0.2) is 12.2 Å². The highest BCUT2D eigenvalue weighted by Crippen LogP contribution is 2.32. The summed E-state index contributed by atoms with van der Waals surface area (Å²) in [6.45, 7) is 15.3. The van der Waals surface area contributed by atoms with Crippen molar-refractivity contribution in [2.45, 2.75) is 98.2 Å². The molecule has 0 N–H and O–H groups in total. The number of carbonyl (C=O) groups is 1. The second-order valence-corrected chi connectivity index (χ2v) is 7.19. The molecule has 154 valence electrons. The van der Waals surface area contributed by atoms with Crippen LogP contribution in [0.25, 0.3) is 0 Å². The van der Waals surface area contributed by atoms with Gasteiger partial charge >= 0.3 is 5.97 Å². The molecule has 4 nitrogen and oxygen atoms in total. The van der Waals surface area contributed by atoms with Gasteiger partial charge in [0.1, 0.15) is 0 Å². The normalized spacial score (nSPS) is 12.8. The summed E-state index contributed by atoms with van der Waals surface area (Å²) in [5, 5.41) is 0. The largest absolute Gasteiger partial charge is 0.462 e. The van der Waals surface area contributed by atoms with E-state index in [1.165, 1.54) is 38.5 Å². The SMILES string of the molecule is C=C(C)C(=O)OCCCC(CCCCCCCC)C(C)(OCC)OCC. The van der Waals surface area contributed by atoms with E-state index in [-0.39, 0.29) is 5.97 Å². The Labute approximate surface area is 161 Å². The number of rotatable bonds is 17. The van der Waals surface area contributed by atoms with Crippen LogP contribution in [0.5, 0.6) is 0 Å². The fraction of sp³-hybridized carbons (Fsp3) is 0.864. The van der Waals surface area contributed by atoms with Gasteiger partial charge in [-0.1, -0.05) is 52.0 Å². The van der Waals surface area contributed by atoms with Crippen LogP contribution in [0.1, 0.15) is 92.4 Å². The third-order valence-electron chi connectivity index (χ3n) is 4.79. The molecule has 4 heteroatoms. The minimum Gasteiger partial charge on any atom is -0.462 e. The van der Waals surface area contributed by atoms with Crippen molar-refractivity contribution in [3.63, 3.8) is 0 Å². The van der Waals surface area contributed by atoms with Crippen molar-refractivity contribution in [2.75, 3.05) is 19.8 Å². The van der Waals surface area contributed by atoms with Crippen LogP contribution in [0, 0.1) is 5.92 Å². The first-order chi connectivity index (χ1) is 12.4. The number of esters is 1. The highest BCUT2D eigenvalue weighted by Gasteiger charge is 2.35. The minimum atomic E-state index is -0.564. The molecule has 0 heterocycles. The van der Waals surface area contributed by atoms with Gasteiger partial charge in [0, 0.05) is 24.7 Å². The van der Waals surface area contributed by atoms with E-state index in [1.54, 1.807) is 6.92 Å². The molecule has 0 fully saturated rings. The summed E-state index contributed by atoms with van der Waals surface area (Å²) in [6, 6.07) is 0. The van der Waals surface area contributed by atoms with Crippen LogP contribution in [0.2, 0.25) is 0 Å². The van der Waals surface area contributed by atoms with E-state index < -0.39 is 5.79 Å². The molecular formula is C22H42O4. The van der Waals surface area contributed by atoms with E-state index >= 15 is 0 Å². The van der Waals surface area contributed by atoms with Crippen molar-refractivity contribution in [1.82, 2.24) is 0 Å². The van der Waals surface area contributed by atoms with E-state index in [2.05, 4.69) is 20.4 Å². The lowest BCUT2D eigenvalue weighted by molar-refractivity contribution is -0.254. The molecule has 0 amide bonds. The zero-order chi connectivity index (χ0) is 19.8. The highest BCUT2D eigenvalue weighted by atomic mass is 16.7. The molecule has 0 spiro atoms. The standard InChI is InChI=1S/C22H42O4/c1-7-10-11-12-13-14-16-20(22(6,25-8-2)26-9-3)17-15-18-24-21(23)19(4)5/h20H,4,7-18H2,1-3,5-6H3. The van der Waals surface area contributed by atoms with Crippen molar-refractivity contribution in [2.24, 2.45) is 5.92 Å². The Balaban J connectivity index is 4.55. The Morgan fingerprint density at radius 1 is 0.923 bits per heavy atom. The topological polar surface area (TPSA) is 44.8 Å². The second-order valence-electron chi connectivity index (χ2n) is 7.19. The summed E-state index contributed by atoms with van der Waals surface area (Å²) in [5.74, 6) is -0.572. The van der Waals surface area contributed by atoms with Crippen LogP contribution in [-0.4, -0.2) is 31.6 Å². The quantitative estimate of drug-likeness (QED) is 0.135. The zero-order valence-electron chi connectivity index (χ0n) is 17.9. The van der Waals surface area contributed by atoms with Crippen molar-refractivity contribution < 1.29 is 19.0 Å². The van der Waals surface area contributed by atoms with Crippen LogP contribution in [0.3, 0.4) is 0 Å². The molecule has 0 rings (SSSR count). The lowest BCUT2D eigenvalue weighted by Gasteiger charge is -2.37. The van der Waals surface area contributed by atoms with Crippen LogP contribution < -0.4 is 0 Å². The maximum absolute atomic E-state index is 11.5. The third kappa shape index (κ3) is 11.0. The van der Waals surface area contributed by atoms with E-state index in [0.717, 1.165) is 19.3 Å². The van der Waals surface area contributed by atoms with Gasteiger partial charge in [-0.3, -0.25) is 0 Å². The van der Waals surface area contributed by atoms with Gasteiger partial charge in [-0.05, 0) is 47.0 Å². The smallest absolute Gasteiger partial charge is 0.333 e.